The van der Waals surface area contributed by atoms with Crippen molar-refractivity contribution in [1.82, 2.24) is 14.8 Å². The Bertz CT molecular complexity index is 1300. The molecule has 1 aromatic carbocycles. The second-order valence-corrected chi connectivity index (χ2v) is 10.4. The van der Waals surface area contributed by atoms with Gasteiger partial charge in [0.05, 0.1) is 30.5 Å². The summed E-state index contributed by atoms with van der Waals surface area (Å²) in [6, 6.07) is 4.58. The number of amides is 1. The van der Waals surface area contributed by atoms with Crippen LogP contribution in [0.2, 0.25) is 0 Å². The number of hydrogen-bond donors (Lipinski definition) is 2. The Labute approximate surface area is 211 Å². The highest BCUT2D eigenvalue weighted by atomic mass is 32.2. The van der Waals surface area contributed by atoms with Gasteiger partial charge in [-0.1, -0.05) is 11.8 Å². The molecule has 3 atom stereocenters. The van der Waals surface area contributed by atoms with Crippen LogP contribution in [0.4, 0.5) is 10.1 Å². The highest BCUT2D eigenvalue weighted by Gasteiger charge is 2.53. The van der Waals surface area contributed by atoms with E-state index in [1.807, 2.05) is 0 Å². The van der Waals surface area contributed by atoms with E-state index < -0.39 is 11.4 Å². The molecule has 2 aliphatic heterocycles. The minimum absolute atomic E-state index is 0.0139. The highest BCUT2D eigenvalue weighted by Crippen LogP contribution is 2.53. The number of rotatable bonds is 5. The van der Waals surface area contributed by atoms with Crippen molar-refractivity contribution >= 4 is 40.6 Å². The van der Waals surface area contributed by atoms with Crippen LogP contribution in [-0.4, -0.2) is 62.4 Å². The van der Waals surface area contributed by atoms with Crippen LogP contribution in [0.3, 0.4) is 0 Å². The lowest BCUT2D eigenvalue weighted by atomic mass is 9.81. The number of hydrogen-bond acceptors (Lipinski definition) is 9. The second kappa shape index (κ2) is 9.25. The topological polar surface area (TPSA) is 132 Å². The van der Waals surface area contributed by atoms with Gasteiger partial charge in [-0.25, -0.2) is 19.0 Å². The summed E-state index contributed by atoms with van der Waals surface area (Å²) in [6.45, 7) is 0.255. The van der Waals surface area contributed by atoms with Crippen LogP contribution >= 0.6 is 11.8 Å². The summed E-state index contributed by atoms with van der Waals surface area (Å²) in [4.78, 5) is 30.3. The number of thioether (sulfide) groups is 1. The fourth-order valence-electron chi connectivity index (χ4n) is 5.02. The van der Waals surface area contributed by atoms with Gasteiger partial charge in [0.2, 0.25) is 0 Å². The van der Waals surface area contributed by atoms with Crippen LogP contribution in [0, 0.1) is 11.7 Å². The van der Waals surface area contributed by atoms with Gasteiger partial charge in [-0.15, -0.1) is 0 Å². The number of carbonyl (C=O) groups excluding carboxylic acids is 1. The van der Waals surface area contributed by atoms with Gasteiger partial charge in [0, 0.05) is 29.3 Å². The molecule has 3 N–H and O–H groups in total. The van der Waals surface area contributed by atoms with E-state index in [4.69, 9.17) is 15.5 Å². The Morgan fingerprint density at radius 1 is 1.31 bits per heavy atom. The summed E-state index contributed by atoms with van der Waals surface area (Å²) in [7, 11) is 0. The molecule has 6 rings (SSSR count). The molecule has 1 aromatic heterocycles. The van der Waals surface area contributed by atoms with Crippen molar-refractivity contribution in [3.63, 3.8) is 0 Å². The van der Waals surface area contributed by atoms with Crippen LogP contribution in [0.5, 0.6) is 0 Å². The average Bonchev–Trinajstić information content (AvgIpc) is 3.45. The van der Waals surface area contributed by atoms with Crippen molar-refractivity contribution in [2.45, 2.75) is 43.4 Å². The van der Waals surface area contributed by atoms with Crippen LogP contribution < -0.4 is 11.1 Å². The van der Waals surface area contributed by atoms with Crippen molar-refractivity contribution in [2.24, 2.45) is 26.6 Å². The Morgan fingerprint density at radius 2 is 2.19 bits per heavy atom. The number of ether oxygens (including phenoxy) is 1. The van der Waals surface area contributed by atoms with E-state index in [-0.39, 0.29) is 30.1 Å². The number of nitrogens with two attached hydrogens (primary N) is 1. The minimum Gasteiger partial charge on any atom is -0.379 e. The van der Waals surface area contributed by atoms with E-state index in [1.165, 1.54) is 41.4 Å². The number of nitrogens with one attached hydrogen (secondary N) is 1. The quantitative estimate of drug-likeness (QED) is 0.638. The fraction of sp³-hybridized carbons (Fsp3) is 0.417. The molecule has 2 aromatic rings. The Morgan fingerprint density at radius 3 is 3.00 bits per heavy atom. The summed E-state index contributed by atoms with van der Waals surface area (Å²) >= 11 is 1.50. The van der Waals surface area contributed by atoms with Gasteiger partial charge in [-0.3, -0.25) is 14.8 Å². The van der Waals surface area contributed by atoms with Gasteiger partial charge in [0.15, 0.2) is 11.0 Å². The van der Waals surface area contributed by atoms with E-state index >= 15 is 4.39 Å². The fourth-order valence-corrected chi connectivity index (χ4v) is 6.03. The number of carbonyl (C=O) groups is 1. The maximum Gasteiger partial charge on any atom is 0.273 e. The van der Waals surface area contributed by atoms with Crippen molar-refractivity contribution in [2.75, 3.05) is 17.6 Å². The lowest BCUT2D eigenvalue weighted by Gasteiger charge is -2.36. The smallest absolute Gasteiger partial charge is 0.273 e. The molecule has 186 valence electrons. The number of aromatic nitrogens is 3. The molecule has 0 radical (unpaired) electrons. The predicted octanol–water partition coefficient (Wildman–Crippen LogP) is 2.49. The Hall–Kier alpha value is -3.38. The summed E-state index contributed by atoms with van der Waals surface area (Å²) in [5.41, 5.74) is 6.42. The maximum absolute atomic E-state index is 15.3. The number of aliphatic imine (C=N–C) groups is 3. The molecule has 0 saturated heterocycles. The third-order valence-electron chi connectivity index (χ3n) is 6.85. The van der Waals surface area contributed by atoms with Crippen LogP contribution in [0.15, 0.2) is 57.6 Å². The Kier molecular flexibility index (Phi) is 5.92. The van der Waals surface area contributed by atoms with Crippen LogP contribution in [0.1, 0.15) is 31.2 Å². The molecule has 1 amide bonds. The summed E-state index contributed by atoms with van der Waals surface area (Å²) in [5.74, 6) is 0.532. The van der Waals surface area contributed by atoms with Crippen molar-refractivity contribution in [3.8, 4) is 0 Å². The molecule has 0 bridgehead atoms. The normalized spacial score (nSPS) is 27.5. The molecule has 12 heteroatoms. The zero-order chi connectivity index (χ0) is 24.7. The van der Waals surface area contributed by atoms with Crippen molar-refractivity contribution < 1.29 is 13.9 Å². The molecule has 2 fully saturated rings. The van der Waals surface area contributed by atoms with Gasteiger partial charge >= 0.3 is 0 Å². The maximum atomic E-state index is 15.3. The molecule has 36 heavy (non-hydrogen) atoms. The predicted molar refractivity (Wildman–Crippen MR) is 136 cm³/mol. The number of benzene rings is 1. The SMILES string of the molecule is NC1=N[C@@]2(c3cc(NC(=O)C4=CCN=C(n5cncn5)C=N4)ccc3F)C[C@@H](OC3CC3)C[C@H]2CS1. The average molecular weight is 509 g/mol. The number of anilines is 1. The molecule has 0 spiro atoms. The lowest BCUT2D eigenvalue weighted by Crippen LogP contribution is -2.37. The molecule has 0 unspecified atom stereocenters. The molecular formula is C24H25FN8O2S. The van der Waals surface area contributed by atoms with Gasteiger partial charge in [0.1, 0.15) is 24.2 Å². The zero-order valence-corrected chi connectivity index (χ0v) is 20.2. The third-order valence-corrected chi connectivity index (χ3v) is 7.80. The van der Waals surface area contributed by atoms with Gasteiger partial charge in [-0.05, 0) is 43.5 Å². The summed E-state index contributed by atoms with van der Waals surface area (Å²) < 4.78 is 23.0. The second-order valence-electron chi connectivity index (χ2n) is 9.31. The molecule has 2 aliphatic carbocycles. The van der Waals surface area contributed by atoms with E-state index in [0.29, 0.717) is 34.8 Å². The van der Waals surface area contributed by atoms with E-state index in [1.54, 1.807) is 18.2 Å². The van der Waals surface area contributed by atoms with E-state index in [9.17, 15) is 4.79 Å². The molecule has 4 aliphatic rings. The first-order valence-corrected chi connectivity index (χ1v) is 12.9. The number of nitrogens with zero attached hydrogens (tertiary/aromatic N) is 6. The zero-order valence-electron chi connectivity index (χ0n) is 19.4. The molecule has 2 saturated carbocycles. The van der Waals surface area contributed by atoms with Crippen LogP contribution in [-0.2, 0) is 15.1 Å². The number of amidine groups is 1. The molecular weight excluding hydrogens is 483 g/mol. The largest absolute Gasteiger partial charge is 0.379 e. The van der Waals surface area contributed by atoms with Gasteiger partial charge in [-0.2, -0.15) is 5.10 Å². The minimum atomic E-state index is -0.806. The van der Waals surface area contributed by atoms with Crippen LogP contribution in [0.25, 0.3) is 0 Å². The lowest BCUT2D eigenvalue weighted by molar-refractivity contribution is -0.112. The highest BCUT2D eigenvalue weighted by molar-refractivity contribution is 8.13. The monoisotopic (exact) mass is 508 g/mol. The Balaban J connectivity index is 1.24. The van der Waals surface area contributed by atoms with Crippen molar-refractivity contribution in [1.29, 1.82) is 0 Å². The van der Waals surface area contributed by atoms with Gasteiger partial charge in [0.25, 0.3) is 5.91 Å². The first kappa shape index (κ1) is 23.0. The first-order chi connectivity index (χ1) is 17.5. The van der Waals surface area contributed by atoms with E-state index in [2.05, 4.69) is 25.4 Å². The van der Waals surface area contributed by atoms with Gasteiger partial charge < -0.3 is 15.8 Å². The summed E-state index contributed by atoms with van der Waals surface area (Å²) in [6.07, 6.45) is 9.84. The van der Waals surface area contributed by atoms with Crippen molar-refractivity contribution in [3.05, 3.63) is 54.0 Å². The molecule has 3 heterocycles. The molecule has 10 nitrogen and oxygen atoms in total. The third kappa shape index (κ3) is 4.46. The number of fused-ring (bicyclic) bond motifs is 1. The standard InChI is InChI=1S/C24H25FN8O2S/c25-19-4-1-15(31-22(34)20-5-6-28-21(10-29-20)33-13-27-12-30-33)8-18(19)24-9-17(35-16-2-3-16)7-14(24)11-36-23(26)32-24/h1,4-5,8,10,12-14,16-17H,2-3,6-7,9,11H2,(H2,26,32)(H,31,34)/t14-,17-,24-/m0/s1. The number of halogens is 1. The first-order valence-electron chi connectivity index (χ1n) is 11.9. The van der Waals surface area contributed by atoms with E-state index in [0.717, 1.165) is 25.0 Å². The summed E-state index contributed by atoms with van der Waals surface area (Å²) in [5, 5.41) is 7.33.